The first kappa shape index (κ1) is 33.4. The summed E-state index contributed by atoms with van der Waals surface area (Å²) in [5, 5.41) is 54.0. The van der Waals surface area contributed by atoms with Crippen LogP contribution >= 0.6 is 0 Å². The summed E-state index contributed by atoms with van der Waals surface area (Å²) in [7, 11) is 0. The Balaban J connectivity index is 1.56. The Hall–Kier alpha value is -5.99. The van der Waals surface area contributed by atoms with Crippen molar-refractivity contribution in [2.75, 3.05) is 24.6 Å². The minimum absolute atomic E-state index is 0.0433. The van der Waals surface area contributed by atoms with Crippen molar-refractivity contribution in [2.24, 2.45) is 10.2 Å². The third kappa shape index (κ3) is 8.23. The molecule has 0 unspecified atom stereocenters. The second-order valence-electron chi connectivity index (χ2n) is 11.0. The number of benzene rings is 3. The van der Waals surface area contributed by atoms with Crippen molar-refractivity contribution >= 4 is 24.1 Å². The Bertz CT molecular complexity index is 1820. The molecule has 48 heavy (non-hydrogen) atoms. The summed E-state index contributed by atoms with van der Waals surface area (Å²) in [6.45, 7) is 8.86. The molecule has 0 aliphatic rings. The van der Waals surface area contributed by atoms with Crippen LogP contribution in [-0.4, -0.2) is 88.9 Å². The summed E-state index contributed by atoms with van der Waals surface area (Å²) in [4.78, 5) is 16.0. The minimum atomic E-state index is -0.598. The molecule has 15 heteroatoms. The first-order chi connectivity index (χ1) is 23.2. The standard InChI is InChI=1S/C33H37N11O4/c1-5-42(15-6-7-16-48-24(4)45)28-10-8-9-27(19-28)33(29-17-25(11-13-31(29)46)20-34-43-22(2)36-38-40-43)30-18-26(12-14-32(30)47)21-35-44-23(3)37-39-41-44/h8-14,17-21,33,46-47H,5-7,15-16H2,1-4H3/b34-20+,35-21+. The molecule has 0 aliphatic heterocycles. The predicted molar refractivity (Wildman–Crippen MR) is 178 cm³/mol. The summed E-state index contributed by atoms with van der Waals surface area (Å²) >= 11 is 0. The zero-order chi connectivity index (χ0) is 34.0. The maximum absolute atomic E-state index is 11.3. The molecular formula is C33H37N11O4. The molecule has 0 bridgehead atoms. The molecule has 0 saturated carbocycles. The fraction of sp³-hybridized carbons (Fsp3) is 0.303. The number of nitrogens with zero attached hydrogens (tertiary/aromatic N) is 11. The van der Waals surface area contributed by atoms with Gasteiger partial charge in [0.05, 0.1) is 19.0 Å². The Morgan fingerprint density at radius 2 is 1.46 bits per heavy atom. The highest BCUT2D eigenvalue weighted by Crippen LogP contribution is 2.42. The van der Waals surface area contributed by atoms with Crippen molar-refractivity contribution in [1.29, 1.82) is 0 Å². The van der Waals surface area contributed by atoms with E-state index in [1.54, 1.807) is 50.5 Å². The number of esters is 1. The molecule has 15 nitrogen and oxygen atoms in total. The van der Waals surface area contributed by atoms with E-state index in [4.69, 9.17) is 4.74 Å². The van der Waals surface area contributed by atoms with Gasteiger partial charge in [0.2, 0.25) is 0 Å². The molecule has 0 saturated heterocycles. The normalized spacial score (nSPS) is 11.6. The van der Waals surface area contributed by atoms with Crippen LogP contribution in [0.25, 0.3) is 0 Å². The summed E-state index contributed by atoms with van der Waals surface area (Å²) in [6, 6.07) is 18.4. The van der Waals surface area contributed by atoms with Crippen molar-refractivity contribution in [3.8, 4) is 11.5 Å². The van der Waals surface area contributed by atoms with Crippen LogP contribution in [-0.2, 0) is 9.53 Å². The van der Waals surface area contributed by atoms with Gasteiger partial charge < -0.3 is 19.8 Å². The summed E-state index contributed by atoms with van der Waals surface area (Å²) in [5.74, 6) is 0.246. The summed E-state index contributed by atoms with van der Waals surface area (Å²) < 4.78 is 5.10. The number of carbonyl (C=O) groups is 1. The van der Waals surface area contributed by atoms with Gasteiger partial charge in [0, 0.05) is 42.7 Å². The van der Waals surface area contributed by atoms with E-state index in [2.05, 4.69) is 59.1 Å². The van der Waals surface area contributed by atoms with Crippen molar-refractivity contribution in [3.63, 3.8) is 0 Å². The number of tetrazole rings is 2. The molecule has 0 fully saturated rings. The maximum Gasteiger partial charge on any atom is 0.302 e. The SMILES string of the molecule is CCN(CCCCOC(C)=O)c1cccc(C(c2cc(/C=N/n3nnnc3C)ccc2O)c2cc(/C=N/n3nnnc3C)ccc2O)c1. The van der Waals surface area contributed by atoms with Gasteiger partial charge in [-0.2, -0.15) is 10.2 Å². The number of ether oxygens (including phenoxy) is 1. The van der Waals surface area contributed by atoms with E-state index in [0.29, 0.717) is 40.5 Å². The topological polar surface area (TPSA) is 182 Å². The quantitative estimate of drug-likeness (QED) is 0.0771. The summed E-state index contributed by atoms with van der Waals surface area (Å²) in [6.07, 6.45) is 4.79. The highest BCUT2D eigenvalue weighted by atomic mass is 16.5. The molecule has 2 heterocycles. The number of aromatic hydroxyl groups is 2. The molecule has 0 atom stereocenters. The molecule has 5 aromatic rings. The van der Waals surface area contributed by atoms with E-state index in [0.717, 1.165) is 37.2 Å². The predicted octanol–water partition coefficient (Wildman–Crippen LogP) is 3.80. The lowest BCUT2D eigenvalue weighted by atomic mass is 9.82. The van der Waals surface area contributed by atoms with E-state index in [-0.39, 0.29) is 17.5 Å². The molecule has 0 spiro atoms. The molecule has 248 valence electrons. The highest BCUT2D eigenvalue weighted by molar-refractivity contribution is 5.82. The fourth-order valence-corrected chi connectivity index (χ4v) is 5.20. The number of hydrogen-bond donors (Lipinski definition) is 2. The molecule has 5 rings (SSSR count). The molecular weight excluding hydrogens is 614 g/mol. The van der Waals surface area contributed by atoms with Crippen LogP contribution in [0.4, 0.5) is 5.69 Å². The maximum atomic E-state index is 11.3. The van der Waals surface area contributed by atoms with Crippen LogP contribution in [0.2, 0.25) is 0 Å². The average molecular weight is 652 g/mol. The molecule has 0 radical (unpaired) electrons. The first-order valence-electron chi connectivity index (χ1n) is 15.5. The number of rotatable bonds is 14. The molecule has 2 aromatic heterocycles. The van der Waals surface area contributed by atoms with Gasteiger partial charge >= 0.3 is 5.97 Å². The highest BCUT2D eigenvalue weighted by Gasteiger charge is 2.24. The van der Waals surface area contributed by atoms with Crippen LogP contribution < -0.4 is 4.90 Å². The van der Waals surface area contributed by atoms with E-state index >= 15 is 0 Å². The lowest BCUT2D eigenvalue weighted by Gasteiger charge is -2.26. The Labute approximate surface area is 277 Å². The smallest absolute Gasteiger partial charge is 0.302 e. The second-order valence-corrected chi connectivity index (χ2v) is 11.0. The minimum Gasteiger partial charge on any atom is -0.508 e. The van der Waals surface area contributed by atoms with Crippen molar-refractivity contribution < 1.29 is 19.7 Å². The number of hydrogen-bond acceptors (Lipinski definition) is 13. The van der Waals surface area contributed by atoms with Gasteiger partial charge in [-0.25, -0.2) is 0 Å². The van der Waals surface area contributed by atoms with Gasteiger partial charge in [0.15, 0.2) is 11.6 Å². The van der Waals surface area contributed by atoms with Gasteiger partial charge in [-0.3, -0.25) is 4.79 Å². The lowest BCUT2D eigenvalue weighted by molar-refractivity contribution is -0.141. The number of anilines is 1. The first-order valence-corrected chi connectivity index (χ1v) is 15.5. The monoisotopic (exact) mass is 651 g/mol. The van der Waals surface area contributed by atoms with Gasteiger partial charge in [-0.05, 0) is 120 Å². The van der Waals surface area contributed by atoms with Crippen LogP contribution in [0.1, 0.15) is 72.1 Å². The lowest BCUT2D eigenvalue weighted by Crippen LogP contribution is -2.24. The molecule has 0 aliphatic carbocycles. The van der Waals surface area contributed by atoms with E-state index in [1.807, 2.05) is 30.3 Å². The van der Waals surface area contributed by atoms with E-state index in [1.165, 1.54) is 16.5 Å². The van der Waals surface area contributed by atoms with Gasteiger partial charge in [-0.1, -0.05) is 12.1 Å². The fourth-order valence-electron chi connectivity index (χ4n) is 5.20. The Morgan fingerprint density at radius 3 is 1.96 bits per heavy atom. The van der Waals surface area contributed by atoms with Crippen molar-refractivity contribution in [2.45, 2.75) is 46.5 Å². The molecule has 0 amide bonds. The third-order valence-corrected chi connectivity index (χ3v) is 7.64. The van der Waals surface area contributed by atoms with Crippen LogP contribution in [0.3, 0.4) is 0 Å². The van der Waals surface area contributed by atoms with Gasteiger partial charge in [0.1, 0.15) is 11.5 Å². The van der Waals surface area contributed by atoms with Gasteiger partial charge in [0.25, 0.3) is 0 Å². The number of phenols is 2. The number of unbranched alkanes of at least 4 members (excludes halogenated alkanes) is 1. The van der Waals surface area contributed by atoms with Gasteiger partial charge in [-0.15, -0.1) is 19.8 Å². The van der Waals surface area contributed by atoms with Crippen LogP contribution in [0.15, 0.2) is 70.9 Å². The molecule has 3 aromatic carbocycles. The largest absolute Gasteiger partial charge is 0.508 e. The summed E-state index contributed by atoms with van der Waals surface area (Å²) in [5.41, 5.74) is 4.29. The number of aromatic nitrogens is 8. The van der Waals surface area contributed by atoms with Crippen LogP contribution in [0, 0.1) is 13.8 Å². The zero-order valence-corrected chi connectivity index (χ0v) is 27.2. The number of phenolic OH excluding ortho intramolecular Hbond substituents is 2. The Kier molecular flexibility index (Phi) is 10.8. The van der Waals surface area contributed by atoms with Crippen molar-refractivity contribution in [3.05, 3.63) is 100 Å². The molecule has 2 N–H and O–H groups in total. The number of carbonyl (C=O) groups excluding carboxylic acids is 1. The number of aryl methyl sites for hydroxylation is 2. The Morgan fingerprint density at radius 1 is 0.875 bits per heavy atom. The second kappa shape index (κ2) is 15.5. The van der Waals surface area contributed by atoms with E-state index in [9.17, 15) is 15.0 Å². The third-order valence-electron chi connectivity index (χ3n) is 7.64. The average Bonchev–Trinajstić information content (AvgIpc) is 3.69. The van der Waals surface area contributed by atoms with Crippen LogP contribution in [0.5, 0.6) is 11.5 Å². The van der Waals surface area contributed by atoms with E-state index < -0.39 is 5.92 Å². The zero-order valence-electron chi connectivity index (χ0n) is 27.2. The van der Waals surface area contributed by atoms with Crippen molar-refractivity contribution in [1.82, 2.24) is 40.6 Å².